The molecule has 0 aliphatic carbocycles. The van der Waals surface area contributed by atoms with Crippen LogP contribution in [0.25, 0.3) is 17.0 Å². The minimum Gasteiger partial charge on any atom is -0.373 e. The molecular formula is C25H30N4O2. The predicted octanol–water partition coefficient (Wildman–Crippen LogP) is 4.41. The lowest BCUT2D eigenvalue weighted by molar-refractivity contribution is -0.125. The molecule has 31 heavy (non-hydrogen) atoms. The fourth-order valence-corrected chi connectivity index (χ4v) is 3.67. The number of nitrogens with zero attached hydrogens (tertiary/aromatic N) is 2. The molecule has 3 rings (SSSR count). The molecule has 3 aromatic rings. The summed E-state index contributed by atoms with van der Waals surface area (Å²) < 4.78 is 0. The van der Waals surface area contributed by atoms with Crippen molar-refractivity contribution in [2.24, 2.45) is 0 Å². The zero-order valence-corrected chi connectivity index (χ0v) is 18.7. The maximum Gasteiger partial charge on any atom is 0.246 e. The molecule has 0 aliphatic rings. The average molecular weight is 419 g/mol. The number of pyridine rings is 1. The number of aromatic amines is 1. The molecule has 6 heteroatoms. The number of hydrogen-bond acceptors (Lipinski definition) is 4. The smallest absolute Gasteiger partial charge is 0.246 e. The van der Waals surface area contributed by atoms with E-state index < -0.39 is 0 Å². The first-order valence-electron chi connectivity index (χ1n) is 10.5. The normalized spacial score (nSPS) is 11.2. The highest BCUT2D eigenvalue weighted by Crippen LogP contribution is 2.23. The third kappa shape index (κ3) is 5.40. The van der Waals surface area contributed by atoms with Crippen LogP contribution in [-0.2, 0) is 22.6 Å². The van der Waals surface area contributed by atoms with Crippen LogP contribution < -0.4 is 5.32 Å². The highest BCUT2D eigenvalue weighted by Gasteiger charge is 2.11. The van der Waals surface area contributed by atoms with Crippen molar-refractivity contribution in [2.75, 3.05) is 19.4 Å². The van der Waals surface area contributed by atoms with Crippen LogP contribution in [-0.4, -0.2) is 41.2 Å². The van der Waals surface area contributed by atoms with Crippen LogP contribution in [0.1, 0.15) is 40.7 Å². The van der Waals surface area contributed by atoms with Crippen molar-refractivity contribution in [3.05, 3.63) is 64.5 Å². The summed E-state index contributed by atoms with van der Waals surface area (Å²) >= 11 is 0. The number of aryl methyl sites for hydroxylation is 3. The number of amides is 1. The largest absolute Gasteiger partial charge is 0.373 e. The van der Waals surface area contributed by atoms with Gasteiger partial charge in [-0.05, 0) is 78.8 Å². The number of carbonyl (C=O) groups is 2. The second kappa shape index (κ2) is 10.1. The van der Waals surface area contributed by atoms with Gasteiger partial charge in [0.2, 0.25) is 5.91 Å². The van der Waals surface area contributed by atoms with E-state index in [0.29, 0.717) is 13.0 Å². The Morgan fingerprint density at radius 2 is 2.00 bits per heavy atom. The van der Waals surface area contributed by atoms with Gasteiger partial charge in [0, 0.05) is 56.4 Å². The fourth-order valence-electron chi connectivity index (χ4n) is 3.67. The molecule has 0 unspecified atom stereocenters. The predicted molar refractivity (Wildman–Crippen MR) is 126 cm³/mol. The van der Waals surface area contributed by atoms with E-state index in [1.807, 2.05) is 26.4 Å². The molecular weight excluding hydrogens is 388 g/mol. The Hall–Kier alpha value is -3.41. The molecule has 162 valence electrons. The van der Waals surface area contributed by atoms with Gasteiger partial charge in [0.25, 0.3) is 0 Å². The maximum absolute atomic E-state index is 12.7. The molecule has 2 N–H and O–H groups in total. The lowest BCUT2D eigenvalue weighted by Gasteiger charge is -2.17. The van der Waals surface area contributed by atoms with E-state index in [2.05, 4.69) is 41.3 Å². The van der Waals surface area contributed by atoms with E-state index in [4.69, 9.17) is 0 Å². The van der Waals surface area contributed by atoms with Crippen LogP contribution in [0.4, 0.5) is 5.82 Å². The van der Waals surface area contributed by atoms with Gasteiger partial charge in [0.15, 0.2) is 0 Å². The van der Waals surface area contributed by atoms with Crippen LogP contribution in [0, 0.1) is 13.8 Å². The Labute approximate surface area is 183 Å². The number of likely N-dealkylation sites (N-methyl/N-ethyl adjacent to an activating group) is 1. The second-order valence-corrected chi connectivity index (χ2v) is 7.91. The Morgan fingerprint density at radius 1 is 1.19 bits per heavy atom. The van der Waals surface area contributed by atoms with Gasteiger partial charge < -0.3 is 20.0 Å². The van der Waals surface area contributed by atoms with Crippen molar-refractivity contribution in [2.45, 2.75) is 39.7 Å². The highest BCUT2D eigenvalue weighted by atomic mass is 16.2. The average Bonchev–Trinajstić information content (AvgIpc) is 3.12. The van der Waals surface area contributed by atoms with Crippen LogP contribution in [0.3, 0.4) is 0 Å². The molecule has 1 aromatic carbocycles. The van der Waals surface area contributed by atoms with Crippen molar-refractivity contribution in [3.63, 3.8) is 0 Å². The number of H-pyrrole nitrogens is 1. The van der Waals surface area contributed by atoms with E-state index in [1.54, 1.807) is 23.2 Å². The number of aromatic nitrogens is 2. The molecule has 0 bridgehead atoms. The maximum atomic E-state index is 12.7. The molecule has 2 heterocycles. The van der Waals surface area contributed by atoms with E-state index in [9.17, 15) is 9.59 Å². The standard InChI is InChI=1S/C25H30N4O2/c1-17-11-23-22(18(2)14-27-23)13-21(17)16-29(4)24(31)9-8-19-12-20(7-5-6-10-30)25(26-3)28-15-19/h8-15,27H,5-7,16H2,1-4H3,(H,26,28)/b9-8+. The first-order chi connectivity index (χ1) is 14.9. The van der Waals surface area contributed by atoms with Crippen LogP contribution in [0.2, 0.25) is 0 Å². The fraction of sp³-hybridized carbons (Fsp3) is 0.320. The Bertz CT molecular complexity index is 1110. The molecule has 0 spiro atoms. The molecule has 0 radical (unpaired) electrons. The molecule has 0 aliphatic heterocycles. The summed E-state index contributed by atoms with van der Waals surface area (Å²) in [7, 11) is 3.64. The molecule has 0 saturated carbocycles. The van der Waals surface area contributed by atoms with Gasteiger partial charge in [-0.25, -0.2) is 4.98 Å². The lowest BCUT2D eigenvalue weighted by Crippen LogP contribution is -2.24. The van der Waals surface area contributed by atoms with E-state index in [1.165, 1.54) is 10.9 Å². The van der Waals surface area contributed by atoms with Gasteiger partial charge in [-0.1, -0.05) is 0 Å². The molecule has 0 saturated heterocycles. The number of hydrogen-bond donors (Lipinski definition) is 2. The number of fused-ring (bicyclic) bond motifs is 1. The summed E-state index contributed by atoms with van der Waals surface area (Å²) in [6.07, 6.45) is 10.1. The first-order valence-corrected chi connectivity index (χ1v) is 10.5. The summed E-state index contributed by atoms with van der Waals surface area (Å²) in [4.78, 5) is 32.7. The molecule has 1 amide bonds. The van der Waals surface area contributed by atoms with Crippen LogP contribution >= 0.6 is 0 Å². The third-order valence-electron chi connectivity index (χ3n) is 5.54. The summed E-state index contributed by atoms with van der Waals surface area (Å²) in [5.74, 6) is 0.739. The number of anilines is 1. The van der Waals surface area contributed by atoms with Crippen molar-refractivity contribution < 1.29 is 9.59 Å². The van der Waals surface area contributed by atoms with Crippen molar-refractivity contribution >= 4 is 35.0 Å². The monoisotopic (exact) mass is 418 g/mol. The number of rotatable bonds is 9. The van der Waals surface area contributed by atoms with Gasteiger partial charge in [0.05, 0.1) is 0 Å². The van der Waals surface area contributed by atoms with E-state index >= 15 is 0 Å². The number of nitrogens with one attached hydrogen (secondary N) is 2. The zero-order valence-electron chi connectivity index (χ0n) is 18.7. The van der Waals surface area contributed by atoms with Gasteiger partial charge in [-0.15, -0.1) is 0 Å². The quantitative estimate of drug-likeness (QED) is 0.306. The minimum absolute atomic E-state index is 0.0644. The lowest BCUT2D eigenvalue weighted by atomic mass is 10.0. The molecule has 2 aromatic heterocycles. The summed E-state index contributed by atoms with van der Waals surface area (Å²) in [5.41, 5.74) is 6.52. The van der Waals surface area contributed by atoms with Crippen LogP contribution in [0.15, 0.2) is 36.7 Å². The number of unbranched alkanes of at least 4 members (excludes halogenated alkanes) is 1. The van der Waals surface area contributed by atoms with Crippen molar-refractivity contribution in [1.29, 1.82) is 0 Å². The van der Waals surface area contributed by atoms with E-state index in [-0.39, 0.29) is 5.91 Å². The topological polar surface area (TPSA) is 78.1 Å². The summed E-state index contributed by atoms with van der Waals surface area (Å²) in [6, 6.07) is 6.31. The highest BCUT2D eigenvalue weighted by molar-refractivity contribution is 5.92. The Morgan fingerprint density at radius 3 is 2.74 bits per heavy atom. The number of carbonyl (C=O) groups excluding carboxylic acids is 2. The minimum atomic E-state index is -0.0644. The molecule has 0 fully saturated rings. The molecule has 6 nitrogen and oxygen atoms in total. The van der Waals surface area contributed by atoms with Gasteiger partial charge >= 0.3 is 0 Å². The summed E-state index contributed by atoms with van der Waals surface area (Å²) in [6.45, 7) is 4.69. The number of aldehydes is 1. The first kappa shape index (κ1) is 22.3. The van der Waals surface area contributed by atoms with Gasteiger partial charge in [-0.2, -0.15) is 0 Å². The third-order valence-corrected chi connectivity index (χ3v) is 5.54. The Kier molecular flexibility index (Phi) is 7.23. The van der Waals surface area contributed by atoms with Crippen molar-refractivity contribution in [1.82, 2.24) is 14.9 Å². The SMILES string of the molecule is CNc1ncc(/C=C/C(=O)N(C)Cc2cc3c(C)c[nH]c3cc2C)cc1CCCC=O. The molecule has 0 atom stereocenters. The Balaban J connectivity index is 1.70. The summed E-state index contributed by atoms with van der Waals surface area (Å²) in [5, 5.41) is 4.27. The zero-order chi connectivity index (χ0) is 22.4. The van der Waals surface area contributed by atoms with Gasteiger partial charge in [0.1, 0.15) is 12.1 Å². The number of benzene rings is 1. The van der Waals surface area contributed by atoms with Crippen LogP contribution in [0.5, 0.6) is 0 Å². The van der Waals surface area contributed by atoms with E-state index in [0.717, 1.165) is 52.7 Å². The second-order valence-electron chi connectivity index (χ2n) is 7.91. The van der Waals surface area contributed by atoms with Gasteiger partial charge in [-0.3, -0.25) is 4.79 Å². The van der Waals surface area contributed by atoms with Crippen molar-refractivity contribution in [3.8, 4) is 0 Å².